The van der Waals surface area contributed by atoms with E-state index in [0.29, 0.717) is 0 Å². The number of carbonyl (C=O) groups excluding carboxylic acids is 2. The number of aliphatic hydroxyl groups is 2. The smallest absolute Gasteiger partial charge is 0.376 e. The molecule has 0 aliphatic rings. The lowest BCUT2D eigenvalue weighted by Crippen LogP contribution is -2.50. The van der Waals surface area contributed by atoms with Crippen molar-refractivity contribution in [3.8, 4) is 0 Å². The first-order valence-corrected chi connectivity index (χ1v) is 6.20. The van der Waals surface area contributed by atoms with Crippen LogP contribution < -0.4 is 0 Å². The zero-order valence-corrected chi connectivity index (χ0v) is 14.1. The highest BCUT2D eigenvalue weighted by Gasteiger charge is 2.38. The highest BCUT2D eigenvalue weighted by Crippen LogP contribution is 1.97. The summed E-state index contributed by atoms with van der Waals surface area (Å²) in [6.07, 6.45) is 0. The van der Waals surface area contributed by atoms with Gasteiger partial charge in [0.05, 0.1) is 13.2 Å². The molecule has 2 amide bonds. The SMILES string of the molecule is O=C(C(=O)N(CCO)[N+](=O)[O-])N(CCO)[N+](=O)[O-].O=[N+]([O-])O.O=[N+]([O-])O.O=[N+]([O-])O. The molecule has 0 fully saturated rings. The summed E-state index contributed by atoms with van der Waals surface area (Å²) in [5, 5.41) is 75.6. The number of nitro groups is 2. The van der Waals surface area contributed by atoms with Gasteiger partial charge < -0.3 is 25.8 Å². The van der Waals surface area contributed by atoms with Crippen LogP contribution in [0.3, 0.4) is 0 Å². The summed E-state index contributed by atoms with van der Waals surface area (Å²) in [4.78, 5) is 68.5. The van der Waals surface area contributed by atoms with Crippen molar-refractivity contribution in [1.29, 1.82) is 0 Å². The Morgan fingerprint density at radius 2 is 0.767 bits per heavy atom. The van der Waals surface area contributed by atoms with Gasteiger partial charge in [-0.05, 0) is 10.0 Å². The molecule has 5 N–H and O–H groups in total. The number of hydrogen-bond donors (Lipinski definition) is 5. The first-order chi connectivity index (χ1) is 13.6. The Hall–Kier alpha value is -4.74. The second kappa shape index (κ2) is 19.0. The van der Waals surface area contributed by atoms with E-state index in [2.05, 4.69) is 0 Å². The number of carbonyl (C=O) groups is 2. The Morgan fingerprint density at radius 3 is 0.867 bits per heavy atom. The molecular formula is C6H13N7O17. The maximum atomic E-state index is 11.3. The summed E-state index contributed by atoms with van der Waals surface area (Å²) in [7, 11) is 0. The quantitative estimate of drug-likeness (QED) is 0.144. The third-order valence-electron chi connectivity index (χ3n) is 1.67. The molecule has 0 aromatic carbocycles. The standard InChI is InChI=1S/C6H10N4O8.3HNO3/c11-3-1-7(9(15)16)5(13)6(14)8(2-4-12)10(17)18;3*2-1(3)4/h11-12H,1-4H2;3*(H,2,3,4). The van der Waals surface area contributed by atoms with Gasteiger partial charge in [0.15, 0.2) is 10.1 Å². The van der Waals surface area contributed by atoms with Crippen LogP contribution in [0.5, 0.6) is 0 Å². The van der Waals surface area contributed by atoms with Gasteiger partial charge in [0, 0.05) is 0 Å². The van der Waals surface area contributed by atoms with Crippen molar-refractivity contribution in [3.63, 3.8) is 0 Å². The van der Waals surface area contributed by atoms with E-state index < -0.39 is 63.4 Å². The van der Waals surface area contributed by atoms with Crippen LogP contribution in [0, 0.1) is 50.6 Å². The topological polar surface area (TPSA) is 357 Å². The molecule has 24 heteroatoms. The Morgan fingerprint density at radius 1 is 0.600 bits per heavy atom. The lowest BCUT2D eigenvalue weighted by molar-refractivity contribution is -0.742. The average Bonchev–Trinajstić information content (AvgIpc) is 2.54. The van der Waals surface area contributed by atoms with E-state index in [-0.39, 0.29) is 10.0 Å². The van der Waals surface area contributed by atoms with E-state index in [0.717, 1.165) is 0 Å². The first-order valence-electron chi connectivity index (χ1n) is 6.20. The monoisotopic (exact) mass is 455 g/mol. The molecule has 0 aliphatic heterocycles. The molecular weight excluding hydrogens is 442 g/mol. The third-order valence-corrected chi connectivity index (χ3v) is 1.67. The molecule has 0 spiro atoms. The van der Waals surface area contributed by atoms with Crippen LogP contribution in [0.1, 0.15) is 0 Å². The van der Waals surface area contributed by atoms with Crippen molar-refractivity contribution in [3.05, 3.63) is 50.6 Å². The van der Waals surface area contributed by atoms with E-state index in [9.17, 15) is 29.8 Å². The van der Waals surface area contributed by atoms with Crippen LogP contribution in [0.4, 0.5) is 0 Å². The summed E-state index contributed by atoms with van der Waals surface area (Å²) in [5.41, 5.74) is 0. The van der Waals surface area contributed by atoms with Gasteiger partial charge in [-0.15, -0.1) is 30.3 Å². The minimum Gasteiger partial charge on any atom is -0.394 e. The number of amides is 2. The molecule has 0 unspecified atom stereocenters. The molecule has 174 valence electrons. The van der Waals surface area contributed by atoms with Crippen LogP contribution in [-0.2, 0) is 9.59 Å². The Kier molecular flexibility index (Phi) is 20.9. The van der Waals surface area contributed by atoms with E-state index in [1.807, 2.05) is 0 Å². The predicted molar refractivity (Wildman–Crippen MR) is 77.9 cm³/mol. The van der Waals surface area contributed by atoms with Crippen LogP contribution >= 0.6 is 0 Å². The van der Waals surface area contributed by atoms with Gasteiger partial charge in [0.25, 0.3) is 15.3 Å². The number of nitrogens with zero attached hydrogens (tertiary/aromatic N) is 7. The van der Waals surface area contributed by atoms with Crippen molar-refractivity contribution in [2.75, 3.05) is 26.3 Å². The molecule has 30 heavy (non-hydrogen) atoms. The van der Waals surface area contributed by atoms with Crippen LogP contribution in [-0.4, -0.2) is 99.3 Å². The predicted octanol–water partition coefficient (Wildman–Crippen LogP) is -4.03. The van der Waals surface area contributed by atoms with E-state index >= 15 is 0 Å². The number of hydrazine groups is 2. The molecule has 24 nitrogen and oxygen atoms in total. The summed E-state index contributed by atoms with van der Waals surface area (Å²) < 4.78 is 0. The Balaban J connectivity index is -0.000000229. The maximum Gasteiger partial charge on any atom is 0.376 e. The molecule has 0 bridgehead atoms. The highest BCUT2D eigenvalue weighted by atomic mass is 16.9. The molecule has 0 aromatic heterocycles. The van der Waals surface area contributed by atoms with Crippen LogP contribution in [0.15, 0.2) is 0 Å². The normalized spacial score (nSPS) is 8.20. The van der Waals surface area contributed by atoms with Crippen molar-refractivity contribution < 1.29 is 60.7 Å². The zero-order valence-electron chi connectivity index (χ0n) is 14.1. The minimum absolute atomic E-state index is 0.254. The number of aliphatic hydroxyl groups excluding tert-OH is 2. The van der Waals surface area contributed by atoms with Crippen molar-refractivity contribution in [2.24, 2.45) is 0 Å². The largest absolute Gasteiger partial charge is 0.394 e. The lowest BCUT2D eigenvalue weighted by atomic mass is 10.4. The molecule has 0 radical (unpaired) electrons. The number of hydrogen-bond acceptors (Lipinski definition) is 14. The second-order valence-electron chi connectivity index (χ2n) is 3.49. The van der Waals surface area contributed by atoms with Gasteiger partial charge in [-0.2, -0.15) is 0 Å². The van der Waals surface area contributed by atoms with Crippen molar-refractivity contribution in [2.45, 2.75) is 0 Å². The fourth-order valence-electron chi connectivity index (χ4n) is 0.925. The molecule has 0 saturated heterocycles. The Labute approximate surface area is 160 Å². The second-order valence-corrected chi connectivity index (χ2v) is 3.49. The number of rotatable bonds is 6. The molecule has 0 rings (SSSR count). The van der Waals surface area contributed by atoms with E-state index in [4.69, 9.17) is 56.2 Å². The summed E-state index contributed by atoms with van der Waals surface area (Å²) >= 11 is 0. The van der Waals surface area contributed by atoms with Crippen molar-refractivity contribution >= 4 is 11.8 Å². The van der Waals surface area contributed by atoms with E-state index in [1.54, 1.807) is 0 Å². The molecule has 0 aliphatic carbocycles. The summed E-state index contributed by atoms with van der Waals surface area (Å²) in [5.74, 6) is -3.56. The molecule has 0 atom stereocenters. The molecule has 0 aromatic rings. The summed E-state index contributed by atoms with van der Waals surface area (Å²) in [6, 6.07) is 0. The lowest BCUT2D eigenvalue weighted by Gasteiger charge is -2.13. The van der Waals surface area contributed by atoms with Crippen molar-refractivity contribution in [1.82, 2.24) is 10.0 Å². The third kappa shape index (κ3) is 25.5. The summed E-state index contributed by atoms with van der Waals surface area (Å²) in [6.45, 7) is -3.17. The van der Waals surface area contributed by atoms with Gasteiger partial charge in [-0.3, -0.25) is 9.59 Å². The fraction of sp³-hybridized carbons (Fsp3) is 0.667. The van der Waals surface area contributed by atoms with Crippen LogP contribution in [0.2, 0.25) is 0 Å². The highest BCUT2D eigenvalue weighted by molar-refractivity contribution is 6.34. The van der Waals surface area contributed by atoms with Crippen LogP contribution in [0.25, 0.3) is 0 Å². The maximum absolute atomic E-state index is 11.3. The van der Waals surface area contributed by atoms with Gasteiger partial charge in [0.2, 0.25) is 0 Å². The molecule has 0 heterocycles. The van der Waals surface area contributed by atoms with Gasteiger partial charge in [-0.1, -0.05) is 0 Å². The van der Waals surface area contributed by atoms with Gasteiger partial charge in [-0.25, -0.2) is 20.2 Å². The van der Waals surface area contributed by atoms with Gasteiger partial charge in [0.1, 0.15) is 13.1 Å². The zero-order chi connectivity index (χ0) is 25.0. The average molecular weight is 455 g/mol. The minimum atomic E-state index is -1.78. The Bertz CT molecular complexity index is 533. The first kappa shape index (κ1) is 32.9. The van der Waals surface area contributed by atoms with E-state index in [1.165, 1.54) is 0 Å². The fourth-order valence-corrected chi connectivity index (χ4v) is 0.925. The van der Waals surface area contributed by atoms with Gasteiger partial charge >= 0.3 is 11.8 Å². The molecule has 0 saturated carbocycles.